The molecule has 2 unspecified atom stereocenters. The molecule has 1 aliphatic rings. The van der Waals surface area contributed by atoms with Gasteiger partial charge in [-0.05, 0) is 37.5 Å². The van der Waals surface area contributed by atoms with Crippen molar-refractivity contribution in [2.75, 3.05) is 25.6 Å². The van der Waals surface area contributed by atoms with E-state index in [0.717, 1.165) is 18.2 Å². The van der Waals surface area contributed by atoms with Gasteiger partial charge in [0.2, 0.25) is 5.91 Å². The minimum atomic E-state index is -4.57. The maximum absolute atomic E-state index is 13.0. The molecule has 1 aromatic rings. The van der Waals surface area contributed by atoms with Gasteiger partial charge in [-0.15, -0.1) is 0 Å². The Balaban J connectivity index is 2.18. The number of methoxy groups -OCH3 is 1. The first-order valence-corrected chi connectivity index (χ1v) is 8.59. The van der Waals surface area contributed by atoms with Crippen molar-refractivity contribution in [2.45, 2.75) is 31.9 Å². The summed E-state index contributed by atoms with van der Waals surface area (Å²) >= 11 is 0. The van der Waals surface area contributed by atoms with Gasteiger partial charge in [-0.3, -0.25) is 9.59 Å². The minimum Gasteiger partial charge on any atom is -0.489 e. The van der Waals surface area contributed by atoms with Gasteiger partial charge in [-0.2, -0.15) is 13.2 Å². The molecule has 0 spiro atoms. The van der Waals surface area contributed by atoms with Crippen molar-refractivity contribution in [2.24, 2.45) is 11.8 Å². The Morgan fingerprint density at radius 2 is 1.93 bits per heavy atom. The molecule has 6 nitrogen and oxygen atoms in total. The molecule has 0 aliphatic heterocycles. The number of halogens is 3. The van der Waals surface area contributed by atoms with E-state index in [0.29, 0.717) is 19.3 Å². The van der Waals surface area contributed by atoms with Gasteiger partial charge in [0.15, 0.2) is 0 Å². The molecular weight excluding hydrogens is 367 g/mol. The third-order valence-electron chi connectivity index (χ3n) is 4.50. The van der Waals surface area contributed by atoms with Gasteiger partial charge in [0.25, 0.3) is 0 Å². The Morgan fingerprint density at radius 3 is 2.56 bits per heavy atom. The second kappa shape index (κ2) is 9.07. The van der Waals surface area contributed by atoms with Gasteiger partial charge in [0, 0.05) is 13.0 Å². The zero-order chi connectivity index (χ0) is 20.0. The molecule has 1 aliphatic carbocycles. The molecule has 0 bridgehead atoms. The summed E-state index contributed by atoms with van der Waals surface area (Å²) in [6.07, 6.45) is -2.83. The molecule has 150 valence electrons. The number of hydrogen-bond donors (Lipinski definition) is 2. The number of nitrogens with one attached hydrogen (secondary N) is 1. The molecule has 9 heteroatoms. The zero-order valence-corrected chi connectivity index (χ0v) is 14.8. The van der Waals surface area contributed by atoms with Crippen molar-refractivity contribution in [1.29, 1.82) is 0 Å². The van der Waals surface area contributed by atoms with Crippen molar-refractivity contribution in [3.05, 3.63) is 23.8 Å². The van der Waals surface area contributed by atoms with Crippen LogP contribution in [0.15, 0.2) is 18.2 Å². The highest BCUT2D eigenvalue weighted by Gasteiger charge is 2.33. The topological polar surface area (TPSA) is 84.9 Å². The van der Waals surface area contributed by atoms with E-state index in [1.54, 1.807) is 0 Å². The van der Waals surface area contributed by atoms with Crippen LogP contribution in [0.2, 0.25) is 0 Å². The Labute approximate surface area is 154 Å². The highest BCUT2D eigenvalue weighted by atomic mass is 19.4. The van der Waals surface area contributed by atoms with Gasteiger partial charge in [0.05, 0.1) is 23.8 Å². The van der Waals surface area contributed by atoms with Crippen molar-refractivity contribution < 1.29 is 37.3 Å². The van der Waals surface area contributed by atoms with Crippen LogP contribution in [-0.2, 0) is 20.5 Å². The van der Waals surface area contributed by atoms with Gasteiger partial charge in [0.1, 0.15) is 12.4 Å². The summed E-state index contributed by atoms with van der Waals surface area (Å²) in [6, 6.07) is 2.84. The summed E-state index contributed by atoms with van der Waals surface area (Å²) in [5.74, 6) is -2.55. The summed E-state index contributed by atoms with van der Waals surface area (Å²) in [5.41, 5.74) is -1.01. The lowest BCUT2D eigenvalue weighted by molar-refractivity contribution is -0.144. The van der Waals surface area contributed by atoms with Gasteiger partial charge in [-0.25, -0.2) is 0 Å². The molecule has 0 radical (unpaired) electrons. The molecule has 0 saturated heterocycles. The average molecular weight is 389 g/mol. The zero-order valence-electron chi connectivity index (χ0n) is 14.8. The van der Waals surface area contributed by atoms with Crippen LogP contribution in [0.1, 0.15) is 31.2 Å². The van der Waals surface area contributed by atoms with E-state index < -0.39 is 35.5 Å². The number of anilines is 1. The molecule has 2 rings (SSSR count). The van der Waals surface area contributed by atoms with Crippen LogP contribution in [0, 0.1) is 11.8 Å². The Hall–Kier alpha value is -2.29. The van der Waals surface area contributed by atoms with E-state index in [9.17, 15) is 22.8 Å². The monoisotopic (exact) mass is 389 g/mol. The summed E-state index contributed by atoms with van der Waals surface area (Å²) < 4.78 is 49.2. The number of carboxylic acid groups (broad SMARTS) is 1. The number of carbonyl (C=O) groups is 2. The van der Waals surface area contributed by atoms with E-state index in [4.69, 9.17) is 14.6 Å². The molecule has 2 atom stereocenters. The van der Waals surface area contributed by atoms with Crippen LogP contribution in [0.25, 0.3) is 0 Å². The van der Waals surface area contributed by atoms with E-state index in [2.05, 4.69) is 5.32 Å². The van der Waals surface area contributed by atoms with Crippen LogP contribution in [0.5, 0.6) is 5.75 Å². The molecule has 0 heterocycles. The van der Waals surface area contributed by atoms with Gasteiger partial charge in [-0.1, -0.05) is 6.42 Å². The summed E-state index contributed by atoms with van der Waals surface area (Å²) in [7, 11) is 1.46. The Morgan fingerprint density at radius 1 is 1.22 bits per heavy atom. The number of alkyl halides is 3. The third-order valence-corrected chi connectivity index (χ3v) is 4.50. The number of benzene rings is 1. The molecule has 1 saturated carbocycles. The van der Waals surface area contributed by atoms with E-state index >= 15 is 0 Å². The predicted octanol–water partition coefficient (Wildman–Crippen LogP) is 3.56. The van der Waals surface area contributed by atoms with Gasteiger partial charge < -0.3 is 19.9 Å². The lowest BCUT2D eigenvalue weighted by Gasteiger charge is -2.26. The highest BCUT2D eigenvalue weighted by molar-refractivity contribution is 5.94. The van der Waals surface area contributed by atoms with Crippen LogP contribution in [0.4, 0.5) is 18.9 Å². The maximum Gasteiger partial charge on any atom is 0.416 e. The number of ether oxygens (including phenoxy) is 2. The molecule has 1 fully saturated rings. The summed E-state index contributed by atoms with van der Waals surface area (Å²) in [4.78, 5) is 23.7. The summed E-state index contributed by atoms with van der Waals surface area (Å²) in [5, 5.41) is 11.6. The number of hydrogen-bond acceptors (Lipinski definition) is 4. The molecule has 27 heavy (non-hydrogen) atoms. The number of rotatable bonds is 7. The van der Waals surface area contributed by atoms with E-state index in [1.165, 1.54) is 7.11 Å². The first-order valence-electron chi connectivity index (χ1n) is 8.59. The molecule has 0 aromatic heterocycles. The fourth-order valence-corrected chi connectivity index (χ4v) is 3.05. The first kappa shape index (κ1) is 21.0. The predicted molar refractivity (Wildman–Crippen MR) is 90.5 cm³/mol. The maximum atomic E-state index is 13.0. The van der Waals surface area contributed by atoms with Crippen molar-refractivity contribution >= 4 is 17.6 Å². The third kappa shape index (κ3) is 5.85. The number of aliphatic carboxylic acids is 1. The first-order chi connectivity index (χ1) is 12.7. The van der Waals surface area contributed by atoms with Crippen LogP contribution in [0.3, 0.4) is 0 Å². The lowest BCUT2D eigenvalue weighted by Crippen LogP contribution is -2.31. The van der Waals surface area contributed by atoms with Crippen molar-refractivity contribution in [1.82, 2.24) is 0 Å². The summed E-state index contributed by atoms with van der Waals surface area (Å²) in [6.45, 7) is 0.340. The highest BCUT2D eigenvalue weighted by Crippen LogP contribution is 2.36. The van der Waals surface area contributed by atoms with Crippen LogP contribution in [-0.4, -0.2) is 37.3 Å². The fourth-order valence-electron chi connectivity index (χ4n) is 3.05. The van der Waals surface area contributed by atoms with Crippen molar-refractivity contribution in [3.8, 4) is 5.75 Å². The number of amides is 1. The standard InChI is InChI=1S/C18H22F3NO5/c1-26-7-8-27-15-6-5-13(18(19,20)21)10-14(15)22-16(23)11-3-2-4-12(9-11)17(24)25/h5-6,10-12H,2-4,7-9H2,1H3,(H,22,23)(H,24,25). The Kier molecular flexibility index (Phi) is 7.06. The second-order valence-corrected chi connectivity index (χ2v) is 6.44. The number of carboxylic acids is 1. The molecule has 1 amide bonds. The average Bonchev–Trinajstić information content (AvgIpc) is 2.62. The second-order valence-electron chi connectivity index (χ2n) is 6.44. The number of carbonyl (C=O) groups excluding carboxylic acids is 1. The lowest BCUT2D eigenvalue weighted by atomic mass is 9.81. The van der Waals surface area contributed by atoms with E-state index in [1.807, 2.05) is 0 Å². The van der Waals surface area contributed by atoms with Gasteiger partial charge >= 0.3 is 12.1 Å². The Bertz CT molecular complexity index is 677. The quantitative estimate of drug-likeness (QED) is 0.697. The van der Waals surface area contributed by atoms with Crippen molar-refractivity contribution in [3.63, 3.8) is 0 Å². The normalized spacial score (nSPS) is 20.1. The van der Waals surface area contributed by atoms with E-state index in [-0.39, 0.29) is 31.1 Å². The molecule has 2 N–H and O–H groups in total. The van der Waals surface area contributed by atoms with Crippen LogP contribution >= 0.6 is 0 Å². The smallest absolute Gasteiger partial charge is 0.416 e. The SMILES string of the molecule is COCCOc1ccc(C(F)(F)F)cc1NC(=O)C1CCCC(C(=O)O)C1. The van der Waals surface area contributed by atoms with Crippen LogP contribution < -0.4 is 10.1 Å². The molecular formula is C18H22F3NO5. The fraction of sp³-hybridized carbons (Fsp3) is 0.556. The minimum absolute atomic E-state index is 0.0941. The molecule has 1 aromatic carbocycles. The largest absolute Gasteiger partial charge is 0.489 e.